The van der Waals surface area contributed by atoms with E-state index in [0.29, 0.717) is 24.4 Å². The highest BCUT2D eigenvalue weighted by Crippen LogP contribution is 2.36. The van der Waals surface area contributed by atoms with E-state index in [4.69, 9.17) is 9.47 Å². The van der Waals surface area contributed by atoms with Gasteiger partial charge in [0.2, 0.25) is 0 Å². The molecule has 19 heavy (non-hydrogen) atoms. The summed E-state index contributed by atoms with van der Waals surface area (Å²) >= 11 is 0. The van der Waals surface area contributed by atoms with E-state index in [1.165, 1.54) is 0 Å². The molecule has 3 heteroatoms. The van der Waals surface area contributed by atoms with Gasteiger partial charge in [0.1, 0.15) is 12.7 Å². The van der Waals surface area contributed by atoms with E-state index in [0.717, 1.165) is 0 Å². The van der Waals surface area contributed by atoms with Gasteiger partial charge in [-0.1, -0.05) is 41.5 Å². The topological polar surface area (TPSA) is 35.5 Å². The van der Waals surface area contributed by atoms with E-state index < -0.39 is 0 Å². The number of carbonyl (C=O) groups is 1. The van der Waals surface area contributed by atoms with Gasteiger partial charge in [0.05, 0.1) is 0 Å². The summed E-state index contributed by atoms with van der Waals surface area (Å²) in [7, 11) is 0. The fraction of sp³-hybridized carbons (Fsp3) is 0.938. The monoisotopic (exact) mass is 272 g/mol. The summed E-state index contributed by atoms with van der Waals surface area (Å²) in [6.45, 7) is 17.9. The molecular formula is C16H32O3. The van der Waals surface area contributed by atoms with Crippen molar-refractivity contribution in [2.24, 2.45) is 23.2 Å². The van der Waals surface area contributed by atoms with Gasteiger partial charge in [-0.15, -0.1) is 0 Å². The van der Waals surface area contributed by atoms with E-state index in [2.05, 4.69) is 41.5 Å². The van der Waals surface area contributed by atoms with E-state index in [-0.39, 0.29) is 24.1 Å². The van der Waals surface area contributed by atoms with Crippen molar-refractivity contribution in [2.45, 2.75) is 61.5 Å². The first-order chi connectivity index (χ1) is 8.61. The molecule has 0 aromatic heterocycles. The van der Waals surface area contributed by atoms with Gasteiger partial charge in [-0.3, -0.25) is 0 Å². The van der Waals surface area contributed by atoms with Crippen LogP contribution in [-0.4, -0.2) is 25.3 Å². The molecule has 0 aliphatic heterocycles. The summed E-state index contributed by atoms with van der Waals surface area (Å²) in [5, 5.41) is 0. The quantitative estimate of drug-likeness (QED) is 0.659. The van der Waals surface area contributed by atoms with Gasteiger partial charge in [-0.25, -0.2) is 4.79 Å². The smallest absolute Gasteiger partial charge is 0.332 e. The molecule has 0 amide bonds. The second-order valence-corrected chi connectivity index (χ2v) is 6.71. The fourth-order valence-electron chi connectivity index (χ4n) is 2.21. The van der Waals surface area contributed by atoms with Gasteiger partial charge in [-0.05, 0) is 37.0 Å². The summed E-state index contributed by atoms with van der Waals surface area (Å²) < 4.78 is 10.5. The molecule has 4 atom stereocenters. The van der Waals surface area contributed by atoms with E-state index in [9.17, 15) is 4.79 Å². The molecule has 0 radical (unpaired) electrons. The molecule has 0 rings (SSSR count). The first kappa shape index (κ1) is 18.4. The van der Waals surface area contributed by atoms with Crippen LogP contribution in [0.2, 0.25) is 0 Å². The lowest BCUT2D eigenvalue weighted by Crippen LogP contribution is -2.35. The van der Waals surface area contributed by atoms with Gasteiger partial charge in [0, 0.05) is 6.61 Å². The maximum absolute atomic E-state index is 11.6. The number of esters is 1. The number of hydrogen-bond donors (Lipinski definition) is 0. The second-order valence-electron chi connectivity index (χ2n) is 6.71. The molecule has 3 nitrogen and oxygen atoms in total. The molecule has 4 unspecified atom stereocenters. The third-order valence-corrected chi connectivity index (χ3v) is 4.47. The maximum Gasteiger partial charge on any atom is 0.332 e. The highest BCUT2D eigenvalue weighted by molar-refractivity contribution is 5.70. The van der Waals surface area contributed by atoms with Crippen molar-refractivity contribution in [1.82, 2.24) is 0 Å². The van der Waals surface area contributed by atoms with Gasteiger partial charge >= 0.3 is 5.97 Å². The molecule has 0 aliphatic carbocycles. The summed E-state index contributed by atoms with van der Waals surface area (Å²) in [5.41, 5.74) is 0.267. The van der Waals surface area contributed by atoms with Crippen LogP contribution in [0.1, 0.15) is 55.4 Å². The lowest BCUT2D eigenvalue weighted by Gasteiger charge is -2.37. The van der Waals surface area contributed by atoms with Crippen LogP contribution in [-0.2, 0) is 14.3 Å². The highest BCUT2D eigenvalue weighted by Gasteiger charge is 2.32. The standard InChI is InChI=1S/C16H32O3/c1-9-18-10-15(17)19-14(5)12(3)11(2)13(4)16(6,7)8/h11-14H,9-10H2,1-8H3. The Hall–Kier alpha value is -0.570. The number of hydrogen-bond acceptors (Lipinski definition) is 3. The van der Waals surface area contributed by atoms with Crippen molar-refractivity contribution in [2.75, 3.05) is 13.2 Å². The van der Waals surface area contributed by atoms with Crippen LogP contribution < -0.4 is 0 Å². The average molecular weight is 272 g/mol. The minimum Gasteiger partial charge on any atom is -0.461 e. The molecular weight excluding hydrogens is 240 g/mol. The van der Waals surface area contributed by atoms with Crippen molar-refractivity contribution in [3.63, 3.8) is 0 Å². The molecule has 0 saturated heterocycles. The molecule has 0 spiro atoms. The van der Waals surface area contributed by atoms with Gasteiger partial charge in [-0.2, -0.15) is 0 Å². The maximum atomic E-state index is 11.6. The Morgan fingerprint density at radius 1 is 1.05 bits per heavy atom. The summed E-state index contributed by atoms with van der Waals surface area (Å²) in [5.74, 6) is 1.13. The fourth-order valence-corrected chi connectivity index (χ4v) is 2.21. The third-order valence-electron chi connectivity index (χ3n) is 4.47. The minimum atomic E-state index is -0.267. The summed E-state index contributed by atoms with van der Waals surface area (Å²) in [6, 6.07) is 0. The SMILES string of the molecule is CCOCC(=O)OC(C)C(C)C(C)C(C)C(C)(C)C. The van der Waals surface area contributed by atoms with Crippen LogP contribution in [0.3, 0.4) is 0 Å². The summed E-state index contributed by atoms with van der Waals surface area (Å²) in [4.78, 5) is 11.6. The van der Waals surface area contributed by atoms with Crippen LogP contribution in [0.25, 0.3) is 0 Å². The highest BCUT2D eigenvalue weighted by atomic mass is 16.6. The molecule has 0 aromatic rings. The zero-order chi connectivity index (χ0) is 15.2. The van der Waals surface area contributed by atoms with Crippen LogP contribution in [0, 0.1) is 23.2 Å². The van der Waals surface area contributed by atoms with Crippen LogP contribution in [0.5, 0.6) is 0 Å². The third kappa shape index (κ3) is 6.42. The molecule has 0 bridgehead atoms. The lowest BCUT2D eigenvalue weighted by atomic mass is 9.70. The van der Waals surface area contributed by atoms with Crippen LogP contribution >= 0.6 is 0 Å². The number of rotatable bonds is 7. The molecule has 114 valence electrons. The molecule has 0 aliphatic rings. The molecule has 0 N–H and O–H groups in total. The van der Waals surface area contributed by atoms with E-state index in [1.807, 2.05) is 13.8 Å². The Bertz CT molecular complexity index is 268. The van der Waals surface area contributed by atoms with Crippen molar-refractivity contribution in [3.05, 3.63) is 0 Å². The van der Waals surface area contributed by atoms with Crippen molar-refractivity contribution in [3.8, 4) is 0 Å². The molecule has 0 fully saturated rings. The number of carbonyl (C=O) groups excluding carboxylic acids is 1. The van der Waals surface area contributed by atoms with E-state index >= 15 is 0 Å². The molecule has 0 heterocycles. The lowest BCUT2D eigenvalue weighted by molar-refractivity contribution is -0.157. The Morgan fingerprint density at radius 2 is 1.58 bits per heavy atom. The van der Waals surface area contributed by atoms with Crippen molar-refractivity contribution < 1.29 is 14.3 Å². The van der Waals surface area contributed by atoms with Gasteiger partial charge in [0.15, 0.2) is 0 Å². The second kappa shape index (κ2) is 7.88. The Balaban J connectivity index is 4.39. The first-order valence-electron chi connectivity index (χ1n) is 7.38. The van der Waals surface area contributed by atoms with Crippen molar-refractivity contribution in [1.29, 1.82) is 0 Å². The minimum absolute atomic E-state index is 0.0523. The molecule has 0 aromatic carbocycles. The number of ether oxygens (including phenoxy) is 2. The Kier molecular flexibility index (Phi) is 7.65. The largest absolute Gasteiger partial charge is 0.461 e. The first-order valence-corrected chi connectivity index (χ1v) is 7.38. The molecule has 0 saturated carbocycles. The van der Waals surface area contributed by atoms with Gasteiger partial charge in [0.25, 0.3) is 0 Å². The predicted molar refractivity (Wildman–Crippen MR) is 79.0 cm³/mol. The Labute approximate surface area is 119 Å². The zero-order valence-electron chi connectivity index (χ0n) is 13.9. The predicted octanol–water partition coefficient (Wildman–Crippen LogP) is 3.91. The van der Waals surface area contributed by atoms with Crippen LogP contribution in [0.15, 0.2) is 0 Å². The van der Waals surface area contributed by atoms with Gasteiger partial charge < -0.3 is 9.47 Å². The van der Waals surface area contributed by atoms with Crippen molar-refractivity contribution >= 4 is 5.97 Å². The average Bonchev–Trinajstić information content (AvgIpc) is 2.32. The summed E-state index contributed by atoms with van der Waals surface area (Å²) in [6.07, 6.45) is -0.0762. The normalized spacial score (nSPS) is 18.5. The zero-order valence-corrected chi connectivity index (χ0v) is 13.9. The van der Waals surface area contributed by atoms with Crippen LogP contribution in [0.4, 0.5) is 0 Å². The Morgan fingerprint density at radius 3 is 2.00 bits per heavy atom. The van der Waals surface area contributed by atoms with E-state index in [1.54, 1.807) is 0 Å².